The van der Waals surface area contributed by atoms with Gasteiger partial charge >= 0.3 is 0 Å². The first-order valence-electron chi connectivity index (χ1n) is 10.3. The molecule has 28 heavy (non-hydrogen) atoms. The summed E-state index contributed by atoms with van der Waals surface area (Å²) in [6, 6.07) is 3.50. The molecule has 1 aromatic carbocycles. The molecule has 3 atom stereocenters. The summed E-state index contributed by atoms with van der Waals surface area (Å²) in [7, 11) is 0. The molecule has 0 radical (unpaired) electrons. The van der Waals surface area contributed by atoms with Crippen LogP contribution in [0.3, 0.4) is 0 Å². The van der Waals surface area contributed by atoms with E-state index in [0.717, 1.165) is 19.3 Å². The van der Waals surface area contributed by atoms with E-state index in [4.69, 9.17) is 23.7 Å². The SMILES string of the molecule is CCOc1cc(C(=O)NC2CCC3OCCOC3C2)cc(OCC)c1OCC. The molecule has 3 rings (SSSR count). The molecule has 1 saturated heterocycles. The molecule has 1 N–H and O–H groups in total. The summed E-state index contributed by atoms with van der Waals surface area (Å²) in [4.78, 5) is 12.9. The van der Waals surface area contributed by atoms with E-state index in [9.17, 15) is 4.79 Å². The lowest BCUT2D eigenvalue weighted by Crippen LogP contribution is -2.49. The van der Waals surface area contributed by atoms with Crippen molar-refractivity contribution in [3.05, 3.63) is 17.7 Å². The van der Waals surface area contributed by atoms with Crippen LogP contribution in [0.4, 0.5) is 0 Å². The van der Waals surface area contributed by atoms with Gasteiger partial charge in [-0.25, -0.2) is 0 Å². The van der Waals surface area contributed by atoms with Crippen molar-refractivity contribution in [2.45, 2.75) is 58.3 Å². The average Bonchev–Trinajstić information content (AvgIpc) is 2.70. The maximum absolute atomic E-state index is 12.9. The molecule has 156 valence electrons. The normalized spacial score (nSPS) is 24.2. The predicted octanol–water partition coefficient (Wildman–Crippen LogP) is 2.95. The summed E-state index contributed by atoms with van der Waals surface area (Å²) in [6.07, 6.45) is 2.76. The molecule has 2 fully saturated rings. The van der Waals surface area contributed by atoms with Crippen LogP contribution in [-0.2, 0) is 9.47 Å². The molecule has 1 aliphatic heterocycles. The number of hydrogen-bond donors (Lipinski definition) is 1. The van der Waals surface area contributed by atoms with Crippen molar-refractivity contribution in [3.63, 3.8) is 0 Å². The quantitative estimate of drug-likeness (QED) is 0.732. The Hall–Kier alpha value is -1.99. The van der Waals surface area contributed by atoms with Crippen molar-refractivity contribution < 1.29 is 28.5 Å². The molecule has 0 aromatic heterocycles. The fourth-order valence-electron chi connectivity index (χ4n) is 3.79. The third kappa shape index (κ3) is 4.89. The van der Waals surface area contributed by atoms with Gasteiger partial charge in [0.1, 0.15) is 0 Å². The van der Waals surface area contributed by atoms with Crippen molar-refractivity contribution in [1.29, 1.82) is 0 Å². The maximum atomic E-state index is 12.9. The summed E-state index contributed by atoms with van der Waals surface area (Å²) in [5.41, 5.74) is 0.498. The molecular weight excluding hydrogens is 362 g/mol. The minimum Gasteiger partial charge on any atom is -0.490 e. The summed E-state index contributed by atoms with van der Waals surface area (Å²) >= 11 is 0. The van der Waals surface area contributed by atoms with Gasteiger partial charge in [0.15, 0.2) is 11.5 Å². The zero-order valence-corrected chi connectivity index (χ0v) is 17.0. The molecule has 2 aliphatic rings. The van der Waals surface area contributed by atoms with Gasteiger partial charge in [-0.15, -0.1) is 0 Å². The predicted molar refractivity (Wildman–Crippen MR) is 105 cm³/mol. The molecular formula is C21H31NO6. The first-order valence-corrected chi connectivity index (χ1v) is 10.3. The minimum absolute atomic E-state index is 0.0612. The number of hydrogen-bond acceptors (Lipinski definition) is 6. The van der Waals surface area contributed by atoms with Gasteiger partial charge < -0.3 is 29.0 Å². The number of amides is 1. The molecule has 1 amide bonds. The molecule has 7 heteroatoms. The summed E-state index contributed by atoms with van der Waals surface area (Å²) < 4.78 is 28.7. The van der Waals surface area contributed by atoms with Crippen molar-refractivity contribution in [2.75, 3.05) is 33.0 Å². The van der Waals surface area contributed by atoms with Crippen molar-refractivity contribution >= 4 is 5.91 Å². The smallest absolute Gasteiger partial charge is 0.251 e. The van der Waals surface area contributed by atoms with Crippen LogP contribution in [0.25, 0.3) is 0 Å². The second-order valence-corrected chi connectivity index (χ2v) is 6.90. The lowest BCUT2D eigenvalue weighted by molar-refractivity contribution is -0.157. The summed E-state index contributed by atoms with van der Waals surface area (Å²) in [6.45, 7) is 8.40. The van der Waals surface area contributed by atoms with Crippen LogP contribution in [0.5, 0.6) is 17.2 Å². The Labute approximate surface area is 166 Å². The Morgan fingerprint density at radius 2 is 1.57 bits per heavy atom. The monoisotopic (exact) mass is 393 g/mol. The minimum atomic E-state index is -0.148. The topological polar surface area (TPSA) is 75.3 Å². The van der Waals surface area contributed by atoms with Crippen LogP contribution in [-0.4, -0.2) is 57.2 Å². The Morgan fingerprint density at radius 3 is 2.18 bits per heavy atom. The van der Waals surface area contributed by atoms with Gasteiger partial charge in [0.25, 0.3) is 5.91 Å². The maximum Gasteiger partial charge on any atom is 0.251 e. The number of carbonyl (C=O) groups excluding carboxylic acids is 1. The van der Waals surface area contributed by atoms with Crippen LogP contribution in [0.2, 0.25) is 0 Å². The van der Waals surface area contributed by atoms with Crippen LogP contribution in [0.1, 0.15) is 50.4 Å². The molecule has 3 unspecified atom stereocenters. The summed E-state index contributed by atoms with van der Waals surface area (Å²) in [5, 5.41) is 3.13. The van der Waals surface area contributed by atoms with Gasteiger partial charge in [-0.05, 0) is 52.2 Å². The van der Waals surface area contributed by atoms with Gasteiger partial charge in [0.2, 0.25) is 5.75 Å². The molecule has 1 aromatic rings. The number of carbonyl (C=O) groups is 1. The molecule has 1 aliphatic carbocycles. The fourth-order valence-corrected chi connectivity index (χ4v) is 3.79. The first-order chi connectivity index (χ1) is 13.7. The van der Waals surface area contributed by atoms with E-state index in [1.54, 1.807) is 12.1 Å². The molecule has 0 bridgehead atoms. The van der Waals surface area contributed by atoms with Crippen molar-refractivity contribution in [1.82, 2.24) is 5.32 Å². The highest BCUT2D eigenvalue weighted by atomic mass is 16.6. The van der Waals surface area contributed by atoms with Crippen LogP contribution in [0, 0.1) is 0 Å². The third-order valence-corrected chi connectivity index (χ3v) is 4.98. The molecule has 0 spiro atoms. The highest BCUT2D eigenvalue weighted by Gasteiger charge is 2.35. The third-order valence-electron chi connectivity index (χ3n) is 4.98. The fraction of sp³-hybridized carbons (Fsp3) is 0.667. The van der Waals surface area contributed by atoms with Crippen molar-refractivity contribution in [2.24, 2.45) is 0 Å². The van der Waals surface area contributed by atoms with E-state index in [-0.39, 0.29) is 24.2 Å². The molecule has 1 saturated carbocycles. The van der Waals surface area contributed by atoms with E-state index in [1.807, 2.05) is 20.8 Å². The van der Waals surface area contributed by atoms with Crippen LogP contribution in [0.15, 0.2) is 12.1 Å². The lowest BCUT2D eigenvalue weighted by atomic mass is 9.89. The zero-order chi connectivity index (χ0) is 19.9. The van der Waals surface area contributed by atoms with Gasteiger partial charge in [-0.1, -0.05) is 0 Å². The van der Waals surface area contributed by atoms with Crippen molar-refractivity contribution in [3.8, 4) is 17.2 Å². The van der Waals surface area contributed by atoms with Crippen LogP contribution < -0.4 is 19.5 Å². The van der Waals surface area contributed by atoms with E-state index in [1.165, 1.54) is 0 Å². The number of fused-ring (bicyclic) bond motifs is 1. The van der Waals surface area contributed by atoms with E-state index >= 15 is 0 Å². The Morgan fingerprint density at radius 1 is 0.964 bits per heavy atom. The van der Waals surface area contributed by atoms with Gasteiger partial charge in [0, 0.05) is 11.6 Å². The van der Waals surface area contributed by atoms with Crippen LogP contribution >= 0.6 is 0 Å². The van der Waals surface area contributed by atoms with Gasteiger partial charge in [-0.3, -0.25) is 4.79 Å². The van der Waals surface area contributed by atoms with Gasteiger partial charge in [-0.2, -0.15) is 0 Å². The Balaban J connectivity index is 1.74. The van der Waals surface area contributed by atoms with E-state index in [2.05, 4.69) is 5.32 Å². The number of ether oxygens (including phenoxy) is 5. The largest absolute Gasteiger partial charge is 0.490 e. The second kappa shape index (κ2) is 9.98. The van der Waals surface area contributed by atoms with E-state index < -0.39 is 0 Å². The molecule has 1 heterocycles. The first kappa shape index (κ1) is 20.7. The number of rotatable bonds is 8. The highest BCUT2D eigenvalue weighted by molar-refractivity contribution is 5.95. The average molecular weight is 393 g/mol. The number of benzene rings is 1. The lowest BCUT2D eigenvalue weighted by Gasteiger charge is -2.39. The van der Waals surface area contributed by atoms with E-state index in [0.29, 0.717) is 55.8 Å². The zero-order valence-electron chi connectivity index (χ0n) is 17.0. The standard InChI is InChI=1S/C21H31NO6/c1-4-24-18-11-14(12-19(25-5-2)20(18)26-6-3)21(23)22-15-7-8-16-17(13-15)28-10-9-27-16/h11-12,15-17H,4-10,13H2,1-3H3,(H,22,23). The Bertz CT molecular complexity index is 637. The van der Waals surface area contributed by atoms with Gasteiger partial charge in [0.05, 0.1) is 45.2 Å². The number of nitrogens with one attached hydrogen (secondary N) is 1. The Kier molecular flexibility index (Phi) is 7.39. The molecule has 7 nitrogen and oxygen atoms in total. The highest BCUT2D eigenvalue weighted by Crippen LogP contribution is 2.39. The second-order valence-electron chi connectivity index (χ2n) is 6.90. The summed E-state index contributed by atoms with van der Waals surface area (Å²) in [5.74, 6) is 1.43.